The summed E-state index contributed by atoms with van der Waals surface area (Å²) >= 11 is 9.73. The minimum Gasteiger partial charge on any atom is -0.266 e. The van der Waals surface area contributed by atoms with Gasteiger partial charge >= 0.3 is 0 Å². The minimum atomic E-state index is -0.375. The zero-order valence-electron chi connectivity index (χ0n) is 6.25. The SMILES string of the molecule is O=C(N=C=S)c1cc(I)ccc1Br. The fourth-order valence-electron chi connectivity index (χ4n) is 0.763. The van der Waals surface area contributed by atoms with E-state index in [0.29, 0.717) is 10.0 Å². The average molecular weight is 368 g/mol. The van der Waals surface area contributed by atoms with E-state index in [1.54, 1.807) is 12.1 Å². The van der Waals surface area contributed by atoms with E-state index in [-0.39, 0.29) is 5.91 Å². The molecule has 0 aromatic heterocycles. The molecule has 1 aromatic rings. The second-order valence-electron chi connectivity index (χ2n) is 2.13. The molecule has 0 fully saturated rings. The molecule has 1 amide bonds. The van der Waals surface area contributed by atoms with E-state index in [1.807, 2.05) is 11.2 Å². The third-order valence-electron chi connectivity index (χ3n) is 1.31. The van der Waals surface area contributed by atoms with Crippen molar-refractivity contribution in [2.75, 3.05) is 0 Å². The molecule has 2 nitrogen and oxygen atoms in total. The van der Waals surface area contributed by atoms with Crippen LogP contribution in [0.4, 0.5) is 0 Å². The number of aliphatic imine (C=N–C) groups is 1. The maximum atomic E-state index is 11.3. The molecule has 0 aliphatic carbocycles. The molecule has 0 radical (unpaired) electrons. The van der Waals surface area contributed by atoms with Crippen molar-refractivity contribution in [1.82, 2.24) is 0 Å². The molecule has 1 rings (SSSR count). The molecule has 0 aliphatic rings. The Balaban J connectivity index is 3.20. The molecule has 13 heavy (non-hydrogen) atoms. The van der Waals surface area contributed by atoms with E-state index in [4.69, 9.17) is 0 Å². The summed E-state index contributed by atoms with van der Waals surface area (Å²) in [5.41, 5.74) is 0.504. The van der Waals surface area contributed by atoms with Crippen LogP contribution in [0.15, 0.2) is 27.7 Å². The van der Waals surface area contributed by atoms with Crippen LogP contribution in [-0.2, 0) is 0 Å². The van der Waals surface area contributed by atoms with Gasteiger partial charge in [0.1, 0.15) is 0 Å². The van der Waals surface area contributed by atoms with Crippen molar-refractivity contribution in [1.29, 1.82) is 0 Å². The smallest absolute Gasteiger partial charge is 0.266 e. The molecule has 5 heteroatoms. The van der Waals surface area contributed by atoms with Crippen molar-refractivity contribution < 1.29 is 4.79 Å². The van der Waals surface area contributed by atoms with E-state index in [0.717, 1.165) is 3.57 Å². The zero-order valence-corrected chi connectivity index (χ0v) is 10.8. The lowest BCUT2D eigenvalue weighted by molar-refractivity contribution is 0.100. The lowest BCUT2D eigenvalue weighted by Crippen LogP contribution is -1.95. The van der Waals surface area contributed by atoms with Gasteiger partial charge in [0.05, 0.1) is 10.7 Å². The van der Waals surface area contributed by atoms with Crippen molar-refractivity contribution in [3.05, 3.63) is 31.8 Å². The molecular weight excluding hydrogens is 365 g/mol. The molecule has 0 atom stereocenters. The van der Waals surface area contributed by atoms with Crippen molar-refractivity contribution in [2.24, 2.45) is 4.99 Å². The summed E-state index contributed by atoms with van der Waals surface area (Å²) < 4.78 is 1.69. The number of carbonyl (C=O) groups excluding carboxylic acids is 1. The van der Waals surface area contributed by atoms with Gasteiger partial charge < -0.3 is 0 Å². The minimum absolute atomic E-state index is 0.375. The number of carbonyl (C=O) groups is 1. The van der Waals surface area contributed by atoms with Crippen molar-refractivity contribution in [3.63, 3.8) is 0 Å². The first kappa shape index (κ1) is 11.0. The van der Waals surface area contributed by atoms with E-state index in [2.05, 4.69) is 55.7 Å². The van der Waals surface area contributed by atoms with Gasteiger partial charge in [-0.1, -0.05) is 0 Å². The molecule has 0 saturated carbocycles. The summed E-state index contributed by atoms with van der Waals surface area (Å²) in [6, 6.07) is 5.43. The van der Waals surface area contributed by atoms with Gasteiger partial charge in [-0.2, -0.15) is 4.99 Å². The maximum absolute atomic E-state index is 11.3. The number of thiocarbonyl (C=S) groups is 1. The highest BCUT2D eigenvalue weighted by atomic mass is 127. The van der Waals surface area contributed by atoms with Gasteiger partial charge in [-0.15, -0.1) is 0 Å². The second kappa shape index (κ2) is 4.95. The standard InChI is InChI=1S/C8H3BrINOS/c9-7-2-1-5(10)3-6(7)8(12)11-4-13/h1-3H. The number of hydrogen-bond donors (Lipinski definition) is 0. The maximum Gasteiger partial charge on any atom is 0.287 e. The van der Waals surface area contributed by atoms with Gasteiger partial charge in [0.25, 0.3) is 5.91 Å². The zero-order chi connectivity index (χ0) is 9.84. The van der Waals surface area contributed by atoms with Crippen LogP contribution in [0.5, 0.6) is 0 Å². The van der Waals surface area contributed by atoms with Crippen molar-refractivity contribution in [2.45, 2.75) is 0 Å². The summed E-state index contributed by atoms with van der Waals surface area (Å²) in [5.74, 6) is -0.375. The van der Waals surface area contributed by atoms with Crippen LogP contribution >= 0.6 is 50.7 Å². The molecule has 1 aromatic carbocycles. The summed E-state index contributed by atoms with van der Waals surface area (Å²) in [5, 5.41) is 2.05. The van der Waals surface area contributed by atoms with Crippen molar-refractivity contribution >= 4 is 61.8 Å². The molecule has 0 unspecified atom stereocenters. The van der Waals surface area contributed by atoms with E-state index < -0.39 is 0 Å². The monoisotopic (exact) mass is 367 g/mol. The van der Waals surface area contributed by atoms with E-state index >= 15 is 0 Å². The summed E-state index contributed by atoms with van der Waals surface area (Å²) in [6.45, 7) is 0. The Kier molecular flexibility index (Phi) is 4.18. The molecule has 0 heterocycles. The Morgan fingerprint density at radius 1 is 1.62 bits per heavy atom. The number of amides is 1. The largest absolute Gasteiger partial charge is 0.287 e. The van der Waals surface area contributed by atoms with E-state index in [9.17, 15) is 4.79 Å². The van der Waals surface area contributed by atoms with Crippen LogP contribution in [0.2, 0.25) is 0 Å². The number of halogens is 2. The predicted octanol–water partition coefficient (Wildman–Crippen LogP) is 3.30. The Morgan fingerprint density at radius 3 is 2.92 bits per heavy atom. The molecule has 0 aliphatic heterocycles. The van der Waals surface area contributed by atoms with Gasteiger partial charge in [-0.25, -0.2) is 0 Å². The van der Waals surface area contributed by atoms with Crippen LogP contribution in [0.25, 0.3) is 0 Å². The van der Waals surface area contributed by atoms with Gasteiger partial charge in [0.2, 0.25) is 0 Å². The lowest BCUT2D eigenvalue weighted by atomic mass is 10.2. The molecular formula is C8H3BrINOS. The number of benzene rings is 1. The highest BCUT2D eigenvalue weighted by molar-refractivity contribution is 14.1. The number of nitrogens with zero attached hydrogens (tertiary/aromatic N) is 1. The normalized spacial score (nSPS) is 9.08. The Labute approximate surface area is 103 Å². The molecule has 66 valence electrons. The fraction of sp³-hybridized carbons (Fsp3) is 0. The Bertz CT molecular complexity index is 401. The van der Waals surface area contributed by atoms with Gasteiger partial charge in [0.15, 0.2) is 0 Å². The third-order valence-corrected chi connectivity index (χ3v) is 2.76. The Morgan fingerprint density at radius 2 is 2.31 bits per heavy atom. The van der Waals surface area contributed by atoms with Crippen LogP contribution in [0.3, 0.4) is 0 Å². The first-order valence-electron chi connectivity index (χ1n) is 3.22. The summed E-state index contributed by atoms with van der Waals surface area (Å²) in [7, 11) is 0. The summed E-state index contributed by atoms with van der Waals surface area (Å²) in [4.78, 5) is 14.7. The van der Waals surface area contributed by atoms with Crippen LogP contribution < -0.4 is 0 Å². The quantitative estimate of drug-likeness (QED) is 0.433. The average Bonchev–Trinajstić information content (AvgIpc) is 2.09. The molecule has 0 spiro atoms. The summed E-state index contributed by atoms with van der Waals surface area (Å²) in [6.07, 6.45) is 0. The fourth-order valence-corrected chi connectivity index (χ4v) is 1.75. The van der Waals surface area contributed by atoms with Crippen LogP contribution in [-0.4, -0.2) is 11.1 Å². The van der Waals surface area contributed by atoms with E-state index in [1.165, 1.54) is 0 Å². The molecule has 0 N–H and O–H groups in total. The second-order valence-corrected chi connectivity index (χ2v) is 4.41. The van der Waals surface area contributed by atoms with Gasteiger partial charge in [0, 0.05) is 8.04 Å². The predicted molar refractivity (Wildman–Crippen MR) is 66.2 cm³/mol. The highest BCUT2D eigenvalue weighted by Gasteiger charge is 2.08. The van der Waals surface area contributed by atoms with Gasteiger partial charge in [-0.3, -0.25) is 4.79 Å². The topological polar surface area (TPSA) is 29.4 Å². The third kappa shape index (κ3) is 2.95. The van der Waals surface area contributed by atoms with Gasteiger partial charge in [-0.05, 0) is 68.9 Å². The lowest BCUT2D eigenvalue weighted by Gasteiger charge is -1.98. The van der Waals surface area contributed by atoms with Crippen LogP contribution in [0.1, 0.15) is 10.4 Å². The Hall–Kier alpha value is -0.100. The molecule has 0 saturated heterocycles. The molecule has 0 bridgehead atoms. The van der Waals surface area contributed by atoms with Crippen molar-refractivity contribution in [3.8, 4) is 0 Å². The first-order chi connectivity index (χ1) is 6.15. The number of hydrogen-bond acceptors (Lipinski definition) is 2. The highest BCUT2D eigenvalue weighted by Crippen LogP contribution is 2.20. The first-order valence-corrected chi connectivity index (χ1v) is 5.50. The van der Waals surface area contributed by atoms with Crippen LogP contribution in [0, 0.1) is 3.57 Å². The number of isothiocyanates is 1. The number of rotatable bonds is 1.